The third kappa shape index (κ3) is 3.73. The van der Waals surface area contributed by atoms with Crippen molar-refractivity contribution < 1.29 is 27.1 Å². The largest absolute Gasteiger partial charge is 0.454 e. The zero-order valence-electron chi connectivity index (χ0n) is 16.3. The van der Waals surface area contributed by atoms with Crippen LogP contribution in [-0.2, 0) is 10.0 Å². The van der Waals surface area contributed by atoms with Crippen molar-refractivity contribution in [2.24, 2.45) is 0 Å². The molecule has 0 bridgehead atoms. The van der Waals surface area contributed by atoms with Gasteiger partial charge in [-0.05, 0) is 55.3 Å². The number of hydrogen-bond acceptors (Lipinski definition) is 8. The Morgan fingerprint density at radius 1 is 0.968 bits per heavy atom. The molecule has 1 saturated heterocycles. The summed E-state index contributed by atoms with van der Waals surface area (Å²) in [4.78, 5) is 12.7. The normalized spacial score (nSPS) is 15.9. The van der Waals surface area contributed by atoms with Gasteiger partial charge in [0.15, 0.2) is 11.5 Å². The van der Waals surface area contributed by atoms with E-state index in [0.29, 0.717) is 30.2 Å². The monoisotopic (exact) mass is 442 g/mol. The van der Waals surface area contributed by atoms with Crippen LogP contribution in [0.25, 0.3) is 11.5 Å². The number of nitrogens with one attached hydrogen (secondary N) is 1. The molecule has 1 aromatic heterocycles. The number of ether oxygens (including phenoxy) is 2. The topological polar surface area (TPSA) is 124 Å². The third-order valence-corrected chi connectivity index (χ3v) is 7.00. The van der Waals surface area contributed by atoms with Crippen molar-refractivity contribution in [2.45, 2.75) is 17.7 Å². The van der Waals surface area contributed by atoms with Crippen LogP contribution in [0.15, 0.2) is 51.8 Å². The number of nitrogens with zero attached hydrogens (tertiary/aromatic N) is 3. The lowest BCUT2D eigenvalue weighted by Crippen LogP contribution is -2.27. The van der Waals surface area contributed by atoms with Gasteiger partial charge < -0.3 is 13.9 Å². The van der Waals surface area contributed by atoms with E-state index < -0.39 is 15.9 Å². The Kier molecular flexibility index (Phi) is 4.83. The molecule has 3 heterocycles. The van der Waals surface area contributed by atoms with Crippen molar-refractivity contribution in [3.8, 4) is 23.0 Å². The van der Waals surface area contributed by atoms with Gasteiger partial charge in [0.25, 0.3) is 5.91 Å². The van der Waals surface area contributed by atoms with E-state index in [9.17, 15) is 13.2 Å². The molecule has 0 unspecified atom stereocenters. The van der Waals surface area contributed by atoms with Crippen molar-refractivity contribution in [1.29, 1.82) is 0 Å². The lowest BCUT2D eigenvalue weighted by molar-refractivity contribution is 0.102. The molecule has 2 aliphatic heterocycles. The molecule has 5 rings (SSSR count). The summed E-state index contributed by atoms with van der Waals surface area (Å²) in [5.74, 6) is 0.920. The highest BCUT2D eigenvalue weighted by molar-refractivity contribution is 7.89. The Bertz CT molecular complexity index is 1230. The van der Waals surface area contributed by atoms with Crippen molar-refractivity contribution >= 4 is 21.9 Å². The average molecular weight is 442 g/mol. The average Bonchev–Trinajstić information content (AvgIpc) is 3.54. The van der Waals surface area contributed by atoms with Gasteiger partial charge in [-0.15, -0.1) is 5.10 Å². The zero-order valence-corrected chi connectivity index (χ0v) is 17.1. The highest BCUT2D eigenvalue weighted by Crippen LogP contribution is 2.35. The number of benzene rings is 2. The maximum Gasteiger partial charge on any atom is 0.322 e. The first kappa shape index (κ1) is 19.5. The smallest absolute Gasteiger partial charge is 0.322 e. The first-order valence-electron chi connectivity index (χ1n) is 9.66. The van der Waals surface area contributed by atoms with Crippen LogP contribution < -0.4 is 14.8 Å². The SMILES string of the molecule is O=C(Nc1nnc(-c2ccc3c(c2)OCO3)o1)c1ccc(S(=O)(=O)N2CCCC2)cc1. The van der Waals surface area contributed by atoms with Crippen molar-refractivity contribution in [3.05, 3.63) is 48.0 Å². The Morgan fingerprint density at radius 2 is 1.71 bits per heavy atom. The van der Waals surface area contributed by atoms with E-state index in [1.165, 1.54) is 28.6 Å². The van der Waals surface area contributed by atoms with E-state index in [1.807, 2.05) is 0 Å². The maximum atomic E-state index is 12.6. The summed E-state index contributed by atoms with van der Waals surface area (Å²) in [6.45, 7) is 1.20. The zero-order chi connectivity index (χ0) is 21.4. The van der Waals surface area contributed by atoms with Gasteiger partial charge >= 0.3 is 6.01 Å². The van der Waals surface area contributed by atoms with E-state index >= 15 is 0 Å². The van der Waals surface area contributed by atoms with Gasteiger partial charge in [-0.3, -0.25) is 10.1 Å². The molecule has 11 heteroatoms. The van der Waals surface area contributed by atoms with Crippen LogP contribution in [0.4, 0.5) is 6.01 Å². The molecule has 2 aliphatic rings. The molecular formula is C20H18N4O6S. The summed E-state index contributed by atoms with van der Waals surface area (Å²) >= 11 is 0. The predicted octanol–water partition coefficient (Wildman–Crippen LogP) is 2.50. The molecule has 0 atom stereocenters. The molecule has 1 amide bonds. The molecule has 1 fully saturated rings. The Labute approximate surface area is 177 Å². The fraction of sp³-hybridized carbons (Fsp3) is 0.250. The molecule has 160 valence electrons. The summed E-state index contributed by atoms with van der Waals surface area (Å²) in [7, 11) is -3.53. The van der Waals surface area contributed by atoms with Crippen LogP contribution in [0, 0.1) is 0 Å². The molecular weight excluding hydrogens is 424 g/mol. The Balaban J connectivity index is 1.28. The summed E-state index contributed by atoms with van der Waals surface area (Å²) in [5.41, 5.74) is 0.886. The fourth-order valence-corrected chi connectivity index (χ4v) is 4.96. The van der Waals surface area contributed by atoms with Crippen LogP contribution >= 0.6 is 0 Å². The van der Waals surface area contributed by atoms with Crippen molar-refractivity contribution in [2.75, 3.05) is 25.2 Å². The van der Waals surface area contributed by atoms with Crippen LogP contribution in [0.5, 0.6) is 11.5 Å². The highest BCUT2D eigenvalue weighted by Gasteiger charge is 2.27. The van der Waals surface area contributed by atoms with Gasteiger partial charge in [-0.1, -0.05) is 5.10 Å². The minimum atomic E-state index is -3.53. The van der Waals surface area contributed by atoms with Gasteiger partial charge in [0.05, 0.1) is 4.90 Å². The van der Waals surface area contributed by atoms with Gasteiger partial charge in [-0.2, -0.15) is 4.31 Å². The molecule has 0 spiro atoms. The number of fused-ring (bicyclic) bond motifs is 1. The third-order valence-electron chi connectivity index (χ3n) is 5.08. The second-order valence-corrected chi connectivity index (χ2v) is 9.01. The first-order chi connectivity index (χ1) is 15.0. The van der Waals surface area contributed by atoms with Gasteiger partial charge in [0.1, 0.15) is 0 Å². The lowest BCUT2D eigenvalue weighted by atomic mass is 10.2. The number of carbonyl (C=O) groups is 1. The molecule has 10 nitrogen and oxygen atoms in total. The summed E-state index contributed by atoms with van der Waals surface area (Å²) in [5, 5.41) is 10.3. The predicted molar refractivity (Wildman–Crippen MR) is 108 cm³/mol. The summed E-state index contributed by atoms with van der Waals surface area (Å²) < 4.78 is 42.7. The van der Waals surface area contributed by atoms with Gasteiger partial charge in [-0.25, -0.2) is 8.42 Å². The number of anilines is 1. The fourth-order valence-electron chi connectivity index (χ4n) is 3.45. The quantitative estimate of drug-likeness (QED) is 0.639. The minimum Gasteiger partial charge on any atom is -0.454 e. The Hall–Kier alpha value is -3.44. The van der Waals surface area contributed by atoms with Crippen LogP contribution in [0.2, 0.25) is 0 Å². The van der Waals surface area contributed by atoms with Gasteiger partial charge in [0.2, 0.25) is 22.7 Å². The van der Waals surface area contributed by atoms with Crippen LogP contribution in [-0.4, -0.2) is 48.7 Å². The van der Waals surface area contributed by atoms with E-state index in [-0.39, 0.29) is 29.2 Å². The number of amides is 1. The van der Waals surface area contributed by atoms with Crippen LogP contribution in [0.1, 0.15) is 23.2 Å². The molecule has 0 radical (unpaired) electrons. The molecule has 31 heavy (non-hydrogen) atoms. The Morgan fingerprint density at radius 3 is 2.48 bits per heavy atom. The van der Waals surface area contributed by atoms with E-state index in [1.54, 1.807) is 18.2 Å². The van der Waals surface area contributed by atoms with Crippen molar-refractivity contribution in [1.82, 2.24) is 14.5 Å². The van der Waals surface area contributed by atoms with E-state index in [2.05, 4.69) is 15.5 Å². The number of sulfonamides is 1. The number of aromatic nitrogens is 2. The number of carbonyl (C=O) groups excluding carboxylic acids is 1. The standard InChI is InChI=1S/C20H18N4O6S/c25-18(13-3-6-15(7-4-13)31(26,27)24-9-1-2-10-24)21-20-23-22-19(30-20)14-5-8-16-17(11-14)29-12-28-16/h3-8,11H,1-2,9-10,12H2,(H,21,23,25). The highest BCUT2D eigenvalue weighted by atomic mass is 32.2. The molecule has 1 N–H and O–H groups in total. The molecule has 0 aliphatic carbocycles. The van der Waals surface area contributed by atoms with Crippen molar-refractivity contribution in [3.63, 3.8) is 0 Å². The van der Waals surface area contributed by atoms with E-state index in [4.69, 9.17) is 13.9 Å². The lowest BCUT2D eigenvalue weighted by Gasteiger charge is -2.15. The number of hydrogen-bond donors (Lipinski definition) is 1. The second-order valence-electron chi connectivity index (χ2n) is 7.07. The first-order valence-corrected chi connectivity index (χ1v) is 11.1. The second kappa shape index (κ2) is 7.67. The van der Waals surface area contributed by atoms with Crippen LogP contribution in [0.3, 0.4) is 0 Å². The molecule has 0 saturated carbocycles. The minimum absolute atomic E-state index is 0.0774. The summed E-state index contributed by atoms with van der Waals surface area (Å²) in [6.07, 6.45) is 1.72. The molecule has 3 aromatic rings. The summed E-state index contributed by atoms with van der Waals surface area (Å²) in [6, 6.07) is 10.9. The van der Waals surface area contributed by atoms with Gasteiger partial charge in [0, 0.05) is 24.2 Å². The molecule has 2 aromatic carbocycles. The number of rotatable bonds is 5. The maximum absolute atomic E-state index is 12.6. The van der Waals surface area contributed by atoms with E-state index in [0.717, 1.165) is 12.8 Å².